The van der Waals surface area contributed by atoms with Crippen LogP contribution in [0.4, 0.5) is 17.5 Å². The molecule has 0 saturated carbocycles. The van der Waals surface area contributed by atoms with Gasteiger partial charge in [-0.3, -0.25) is 9.00 Å². The van der Waals surface area contributed by atoms with Crippen LogP contribution in [0.1, 0.15) is 25.0 Å². The van der Waals surface area contributed by atoms with Crippen LogP contribution in [0.3, 0.4) is 0 Å². The summed E-state index contributed by atoms with van der Waals surface area (Å²) in [5.74, 6) is 2.19. The lowest BCUT2D eigenvalue weighted by atomic mass is 10.1. The Balaban J connectivity index is 1.25. The van der Waals surface area contributed by atoms with E-state index in [0.717, 1.165) is 47.5 Å². The van der Waals surface area contributed by atoms with E-state index in [0.29, 0.717) is 43.0 Å². The summed E-state index contributed by atoms with van der Waals surface area (Å²) in [6, 6.07) is 8.92. The number of benzene rings is 1. The molecule has 174 valence electrons. The summed E-state index contributed by atoms with van der Waals surface area (Å²) in [5, 5.41) is 4.27. The van der Waals surface area contributed by atoms with Crippen LogP contribution in [0.5, 0.6) is 0 Å². The van der Waals surface area contributed by atoms with Crippen LogP contribution in [0.2, 0.25) is 5.02 Å². The summed E-state index contributed by atoms with van der Waals surface area (Å²) in [4.78, 5) is 29.0. The van der Waals surface area contributed by atoms with Gasteiger partial charge in [-0.2, -0.15) is 4.98 Å². The highest BCUT2D eigenvalue weighted by Crippen LogP contribution is 2.38. The first-order valence-corrected chi connectivity index (χ1v) is 13.2. The van der Waals surface area contributed by atoms with Gasteiger partial charge in [0.1, 0.15) is 10.7 Å². The van der Waals surface area contributed by atoms with E-state index < -0.39 is 10.8 Å². The van der Waals surface area contributed by atoms with E-state index in [2.05, 4.69) is 27.2 Å². The summed E-state index contributed by atoms with van der Waals surface area (Å²) >= 11 is 6.07. The molecule has 0 spiro atoms. The normalized spacial score (nSPS) is 28.5. The van der Waals surface area contributed by atoms with Crippen molar-refractivity contribution < 1.29 is 9.00 Å². The highest BCUT2D eigenvalue weighted by atomic mass is 35.5. The van der Waals surface area contributed by atoms with Crippen LogP contribution in [0.15, 0.2) is 29.2 Å². The monoisotopic (exact) mass is 486 g/mol. The topological polar surface area (TPSA) is 81.7 Å². The van der Waals surface area contributed by atoms with Gasteiger partial charge in [-0.1, -0.05) is 11.6 Å². The number of piperazine rings is 1. The second-order valence-electron chi connectivity index (χ2n) is 9.43. The number of amides is 1. The number of halogens is 1. The number of rotatable bonds is 4. The van der Waals surface area contributed by atoms with Crippen molar-refractivity contribution in [1.82, 2.24) is 14.9 Å². The molecule has 8 nitrogen and oxygen atoms in total. The molecule has 4 atom stereocenters. The van der Waals surface area contributed by atoms with E-state index in [1.165, 1.54) is 5.69 Å². The number of nitrogens with zero attached hydrogens (tertiary/aromatic N) is 5. The first kappa shape index (κ1) is 21.2. The molecular weight excluding hydrogens is 460 g/mol. The number of anilines is 3. The average Bonchev–Trinajstić information content (AvgIpc) is 3.51. The highest BCUT2D eigenvalue weighted by molar-refractivity contribution is 7.85. The number of fused-ring (bicyclic) bond motifs is 3. The number of aromatic nitrogens is 2. The summed E-state index contributed by atoms with van der Waals surface area (Å²) in [5.41, 5.74) is 2.11. The molecule has 3 saturated heterocycles. The quantitative estimate of drug-likeness (QED) is 0.710. The number of hydrogen-bond donors (Lipinski definition) is 1. The Morgan fingerprint density at radius 1 is 1.06 bits per heavy atom. The standard InChI is InChI=1S/C23H27ClN6O2S/c1-28-11-15(4-7-20(28)31)25-22-21-19(8-9-33(21)32)26-23(27-22)30-13-17-10-18(30)12-29(17)16-5-2-14(24)3-6-16/h2-3,5-6,15,17-18H,4,7-13H2,1H3,(H,25,26,27)/t15-,17?,18?,33?/m0/s1. The number of likely N-dealkylation sites (tertiary alicyclic amines) is 1. The van der Waals surface area contributed by atoms with Crippen molar-refractivity contribution in [2.75, 3.05) is 47.6 Å². The lowest BCUT2D eigenvalue weighted by Crippen LogP contribution is -2.47. The van der Waals surface area contributed by atoms with Crippen LogP contribution >= 0.6 is 11.6 Å². The molecule has 0 aliphatic carbocycles. The van der Waals surface area contributed by atoms with E-state index in [-0.39, 0.29) is 11.9 Å². The van der Waals surface area contributed by atoms with Gasteiger partial charge in [0.2, 0.25) is 11.9 Å². The molecule has 1 aromatic heterocycles. The predicted octanol–water partition coefficient (Wildman–Crippen LogP) is 2.29. The number of nitrogens with one attached hydrogen (secondary N) is 1. The zero-order valence-electron chi connectivity index (χ0n) is 18.5. The molecule has 33 heavy (non-hydrogen) atoms. The van der Waals surface area contributed by atoms with Crippen molar-refractivity contribution in [2.45, 2.75) is 48.7 Å². The van der Waals surface area contributed by atoms with E-state index in [4.69, 9.17) is 21.6 Å². The van der Waals surface area contributed by atoms with Crippen molar-refractivity contribution in [3.63, 3.8) is 0 Å². The molecule has 10 heteroatoms. The predicted molar refractivity (Wildman–Crippen MR) is 130 cm³/mol. The molecule has 3 unspecified atom stereocenters. The van der Waals surface area contributed by atoms with Crippen molar-refractivity contribution in [3.8, 4) is 0 Å². The van der Waals surface area contributed by atoms with Gasteiger partial charge in [-0.15, -0.1) is 0 Å². The zero-order valence-corrected chi connectivity index (χ0v) is 20.1. The van der Waals surface area contributed by atoms with Gasteiger partial charge in [-0.05, 0) is 37.1 Å². The summed E-state index contributed by atoms with van der Waals surface area (Å²) in [6.45, 7) is 2.43. The molecule has 3 fully saturated rings. The van der Waals surface area contributed by atoms with Gasteiger partial charge in [0.15, 0.2) is 0 Å². The Hall–Kier alpha value is -2.39. The number of carbonyl (C=O) groups is 1. The summed E-state index contributed by atoms with van der Waals surface area (Å²) in [7, 11) is 0.752. The minimum atomic E-state index is -1.08. The van der Waals surface area contributed by atoms with Crippen LogP contribution in [0.25, 0.3) is 0 Å². The molecule has 2 bridgehead atoms. The molecule has 2 aromatic rings. The minimum Gasteiger partial charge on any atom is -0.365 e. The van der Waals surface area contributed by atoms with Crippen LogP contribution < -0.4 is 15.1 Å². The maximum Gasteiger partial charge on any atom is 0.227 e. The molecule has 5 heterocycles. The molecule has 1 amide bonds. The fourth-order valence-electron chi connectivity index (χ4n) is 5.59. The molecule has 6 rings (SSSR count). The van der Waals surface area contributed by atoms with Gasteiger partial charge in [0.05, 0.1) is 22.5 Å². The maximum atomic E-state index is 12.7. The number of carbonyl (C=O) groups excluding carboxylic acids is 1. The van der Waals surface area contributed by atoms with E-state index in [1.807, 2.05) is 19.2 Å². The first-order valence-electron chi connectivity index (χ1n) is 11.5. The molecule has 1 aromatic carbocycles. The average molecular weight is 487 g/mol. The van der Waals surface area contributed by atoms with Crippen LogP contribution in [0, 0.1) is 0 Å². The number of aryl methyl sites for hydroxylation is 1. The number of piperidine rings is 1. The number of likely N-dealkylation sites (N-methyl/N-ethyl adjacent to an activating group) is 1. The van der Waals surface area contributed by atoms with Crippen molar-refractivity contribution >= 4 is 45.8 Å². The lowest BCUT2D eigenvalue weighted by Gasteiger charge is -2.36. The first-order chi connectivity index (χ1) is 16.0. The minimum absolute atomic E-state index is 0.104. The highest BCUT2D eigenvalue weighted by Gasteiger charge is 2.45. The Morgan fingerprint density at radius 2 is 1.82 bits per heavy atom. The third-order valence-corrected chi connectivity index (χ3v) is 9.01. The fourth-order valence-corrected chi connectivity index (χ4v) is 7.03. The van der Waals surface area contributed by atoms with E-state index >= 15 is 0 Å². The summed E-state index contributed by atoms with van der Waals surface area (Å²) in [6.07, 6.45) is 3.07. The van der Waals surface area contributed by atoms with Gasteiger partial charge >= 0.3 is 0 Å². The van der Waals surface area contributed by atoms with E-state index in [1.54, 1.807) is 4.90 Å². The lowest BCUT2D eigenvalue weighted by molar-refractivity contribution is -0.132. The van der Waals surface area contributed by atoms with Gasteiger partial charge < -0.3 is 20.0 Å². The summed E-state index contributed by atoms with van der Waals surface area (Å²) < 4.78 is 12.7. The van der Waals surface area contributed by atoms with Crippen molar-refractivity contribution in [2.24, 2.45) is 0 Å². The Morgan fingerprint density at radius 3 is 2.55 bits per heavy atom. The zero-order chi connectivity index (χ0) is 22.7. The third-order valence-electron chi connectivity index (χ3n) is 7.30. The maximum absolute atomic E-state index is 12.7. The van der Waals surface area contributed by atoms with Crippen molar-refractivity contribution in [1.29, 1.82) is 0 Å². The second kappa shape index (κ2) is 8.13. The molecule has 4 aliphatic rings. The van der Waals surface area contributed by atoms with Crippen LogP contribution in [-0.4, -0.2) is 75.5 Å². The largest absolute Gasteiger partial charge is 0.365 e. The SMILES string of the molecule is CN1C[C@@H](Nc2nc(N3CC4CC3CN4c3ccc(Cl)cc3)nc3c2S(=O)CC3)CCC1=O. The van der Waals surface area contributed by atoms with Gasteiger partial charge in [0.25, 0.3) is 0 Å². The fraction of sp³-hybridized carbons (Fsp3) is 0.522. The van der Waals surface area contributed by atoms with E-state index in [9.17, 15) is 9.00 Å². The van der Waals surface area contributed by atoms with Gasteiger partial charge in [-0.25, -0.2) is 4.98 Å². The molecule has 0 radical (unpaired) electrons. The third kappa shape index (κ3) is 3.75. The Kier molecular flexibility index (Phi) is 5.21. The Labute approximate surface area is 200 Å². The molecule has 4 aliphatic heterocycles. The Bertz CT molecular complexity index is 1130. The van der Waals surface area contributed by atoms with Crippen molar-refractivity contribution in [3.05, 3.63) is 35.0 Å². The smallest absolute Gasteiger partial charge is 0.227 e. The molecule has 1 N–H and O–H groups in total. The second-order valence-corrected chi connectivity index (χ2v) is 11.4. The number of hydrogen-bond acceptors (Lipinski definition) is 7. The van der Waals surface area contributed by atoms with Crippen LogP contribution in [-0.2, 0) is 22.0 Å². The molecular formula is C23H27ClN6O2S. The van der Waals surface area contributed by atoms with Gasteiger partial charge in [0, 0.05) is 68.1 Å².